The second-order valence-corrected chi connectivity index (χ2v) is 5.60. The molecule has 0 radical (unpaired) electrons. The summed E-state index contributed by atoms with van der Waals surface area (Å²) < 4.78 is 6.60. The summed E-state index contributed by atoms with van der Waals surface area (Å²) in [5.41, 5.74) is -0.0116. The zero-order chi connectivity index (χ0) is 15.6. The standard InChI is InChI=1S/C14H15BrN2O4/c1-8(18)13-12-5-9(15)3-4-11(12)14(20)17(16-13)6-10(19)7-21-2/h3-5,8,18H,6-7H2,1-2H3. The minimum atomic E-state index is -0.855. The van der Waals surface area contributed by atoms with Crippen molar-refractivity contribution in [3.8, 4) is 0 Å². The molecule has 1 heterocycles. The largest absolute Gasteiger partial charge is 0.387 e. The van der Waals surface area contributed by atoms with E-state index < -0.39 is 6.10 Å². The number of fused-ring (bicyclic) bond motifs is 1. The van der Waals surface area contributed by atoms with Gasteiger partial charge in [-0.25, -0.2) is 4.68 Å². The first-order chi connectivity index (χ1) is 9.93. The van der Waals surface area contributed by atoms with Gasteiger partial charge in [-0.05, 0) is 25.1 Å². The number of hydrogen-bond acceptors (Lipinski definition) is 5. The second-order valence-electron chi connectivity index (χ2n) is 4.69. The van der Waals surface area contributed by atoms with Gasteiger partial charge in [0.2, 0.25) is 0 Å². The van der Waals surface area contributed by atoms with E-state index in [0.29, 0.717) is 16.5 Å². The van der Waals surface area contributed by atoms with Crippen LogP contribution >= 0.6 is 15.9 Å². The number of ketones is 1. The molecule has 0 bridgehead atoms. The van der Waals surface area contributed by atoms with E-state index in [9.17, 15) is 14.7 Å². The van der Waals surface area contributed by atoms with Gasteiger partial charge < -0.3 is 9.84 Å². The number of carbonyl (C=O) groups is 1. The Hall–Kier alpha value is -1.57. The molecular weight excluding hydrogens is 340 g/mol. The van der Waals surface area contributed by atoms with Crippen molar-refractivity contribution in [3.63, 3.8) is 0 Å². The maximum absolute atomic E-state index is 12.4. The first kappa shape index (κ1) is 15.8. The van der Waals surface area contributed by atoms with Crippen LogP contribution in [0, 0.1) is 0 Å². The van der Waals surface area contributed by atoms with E-state index in [1.165, 1.54) is 7.11 Å². The monoisotopic (exact) mass is 354 g/mol. The number of aliphatic hydroxyl groups excluding tert-OH is 1. The predicted octanol–water partition coefficient (Wildman–Crippen LogP) is 1.43. The van der Waals surface area contributed by atoms with E-state index in [2.05, 4.69) is 21.0 Å². The zero-order valence-electron chi connectivity index (χ0n) is 11.7. The molecule has 0 aliphatic carbocycles. The highest BCUT2D eigenvalue weighted by Gasteiger charge is 2.16. The van der Waals surface area contributed by atoms with E-state index in [1.807, 2.05) is 0 Å². The fraction of sp³-hybridized carbons (Fsp3) is 0.357. The molecule has 1 N–H and O–H groups in total. The highest BCUT2D eigenvalue weighted by atomic mass is 79.9. The molecule has 112 valence electrons. The number of aliphatic hydroxyl groups is 1. The quantitative estimate of drug-likeness (QED) is 0.878. The van der Waals surface area contributed by atoms with Crippen LogP contribution in [0.1, 0.15) is 18.7 Å². The van der Waals surface area contributed by atoms with Crippen LogP contribution in [-0.4, -0.2) is 34.4 Å². The van der Waals surface area contributed by atoms with Crippen molar-refractivity contribution < 1.29 is 14.6 Å². The summed E-state index contributed by atoms with van der Waals surface area (Å²) in [4.78, 5) is 24.0. The molecule has 0 aliphatic heterocycles. The van der Waals surface area contributed by atoms with Crippen LogP contribution in [0.15, 0.2) is 27.5 Å². The molecule has 0 saturated carbocycles. The second kappa shape index (κ2) is 6.46. The third kappa shape index (κ3) is 3.37. The maximum atomic E-state index is 12.4. The van der Waals surface area contributed by atoms with Crippen LogP contribution in [0.25, 0.3) is 10.8 Å². The Labute approximate surface area is 129 Å². The Kier molecular flexibility index (Phi) is 4.87. The van der Waals surface area contributed by atoms with Crippen molar-refractivity contribution in [2.75, 3.05) is 13.7 Å². The van der Waals surface area contributed by atoms with Crippen LogP contribution in [0.3, 0.4) is 0 Å². The summed E-state index contributed by atoms with van der Waals surface area (Å²) in [6, 6.07) is 5.11. The van der Waals surface area contributed by atoms with Gasteiger partial charge in [-0.15, -0.1) is 0 Å². The van der Waals surface area contributed by atoms with Gasteiger partial charge in [0.25, 0.3) is 5.56 Å². The summed E-state index contributed by atoms with van der Waals surface area (Å²) in [6.45, 7) is 1.30. The fourth-order valence-corrected chi connectivity index (χ4v) is 2.43. The van der Waals surface area contributed by atoms with Gasteiger partial charge in [0.05, 0.1) is 17.2 Å². The third-order valence-corrected chi connectivity index (χ3v) is 3.47. The molecule has 21 heavy (non-hydrogen) atoms. The number of hydrogen-bond donors (Lipinski definition) is 1. The highest BCUT2D eigenvalue weighted by molar-refractivity contribution is 9.10. The van der Waals surface area contributed by atoms with Crippen LogP contribution in [0.5, 0.6) is 0 Å². The average molecular weight is 355 g/mol. The molecule has 1 aromatic carbocycles. The van der Waals surface area contributed by atoms with Crippen molar-refractivity contribution in [3.05, 3.63) is 38.7 Å². The lowest BCUT2D eigenvalue weighted by molar-refractivity contribution is -0.123. The summed E-state index contributed by atoms with van der Waals surface area (Å²) >= 11 is 3.33. The summed E-state index contributed by atoms with van der Waals surface area (Å²) in [5, 5.41) is 15.0. The van der Waals surface area contributed by atoms with E-state index in [1.54, 1.807) is 25.1 Å². The van der Waals surface area contributed by atoms with E-state index >= 15 is 0 Å². The topological polar surface area (TPSA) is 81.4 Å². The van der Waals surface area contributed by atoms with Gasteiger partial charge in [0.1, 0.15) is 13.2 Å². The SMILES string of the molecule is COCC(=O)Cn1nc(C(C)O)c2cc(Br)ccc2c1=O. The van der Waals surface area contributed by atoms with Crippen molar-refractivity contribution >= 4 is 32.5 Å². The molecule has 7 heteroatoms. The minimum Gasteiger partial charge on any atom is -0.387 e. The Morgan fingerprint density at radius 3 is 2.81 bits per heavy atom. The van der Waals surface area contributed by atoms with Crippen molar-refractivity contribution in [1.29, 1.82) is 0 Å². The van der Waals surface area contributed by atoms with Gasteiger partial charge >= 0.3 is 0 Å². The summed E-state index contributed by atoms with van der Waals surface area (Å²) in [7, 11) is 1.41. The third-order valence-electron chi connectivity index (χ3n) is 2.98. The van der Waals surface area contributed by atoms with E-state index in [0.717, 1.165) is 9.15 Å². The molecule has 2 aromatic rings. The molecule has 0 saturated heterocycles. The Bertz CT molecular complexity index is 740. The number of halogens is 1. The van der Waals surface area contributed by atoms with Crippen LogP contribution < -0.4 is 5.56 Å². The Morgan fingerprint density at radius 1 is 1.48 bits per heavy atom. The number of aromatic nitrogens is 2. The number of nitrogens with zero attached hydrogens (tertiary/aromatic N) is 2. The molecule has 6 nitrogen and oxygen atoms in total. The molecule has 0 spiro atoms. The number of Topliss-reactive ketones (excluding diaryl/α,β-unsaturated/α-hetero) is 1. The molecule has 0 fully saturated rings. The first-order valence-electron chi connectivity index (χ1n) is 6.33. The Morgan fingerprint density at radius 2 is 2.19 bits per heavy atom. The highest BCUT2D eigenvalue weighted by Crippen LogP contribution is 2.23. The molecular formula is C14H15BrN2O4. The van der Waals surface area contributed by atoms with Gasteiger partial charge in [-0.2, -0.15) is 5.10 Å². The molecule has 1 unspecified atom stereocenters. The maximum Gasteiger partial charge on any atom is 0.275 e. The smallest absolute Gasteiger partial charge is 0.275 e. The molecule has 1 atom stereocenters. The number of methoxy groups -OCH3 is 1. The molecule has 0 amide bonds. The van der Waals surface area contributed by atoms with E-state index in [4.69, 9.17) is 4.74 Å². The zero-order valence-corrected chi connectivity index (χ0v) is 13.3. The van der Waals surface area contributed by atoms with Crippen molar-refractivity contribution in [1.82, 2.24) is 9.78 Å². The number of ether oxygens (including phenoxy) is 1. The number of rotatable bonds is 5. The van der Waals surface area contributed by atoms with Gasteiger partial charge in [0.15, 0.2) is 5.78 Å². The Balaban J connectivity index is 2.63. The number of benzene rings is 1. The van der Waals surface area contributed by atoms with E-state index in [-0.39, 0.29) is 24.5 Å². The molecule has 2 rings (SSSR count). The lowest BCUT2D eigenvalue weighted by atomic mass is 10.1. The lowest BCUT2D eigenvalue weighted by Crippen LogP contribution is -2.29. The van der Waals surface area contributed by atoms with Gasteiger partial charge in [-0.1, -0.05) is 15.9 Å². The van der Waals surface area contributed by atoms with Gasteiger partial charge in [-0.3, -0.25) is 9.59 Å². The summed E-state index contributed by atoms with van der Waals surface area (Å²) in [5.74, 6) is -0.264. The minimum absolute atomic E-state index is 0.0868. The predicted molar refractivity (Wildman–Crippen MR) is 81.2 cm³/mol. The fourth-order valence-electron chi connectivity index (χ4n) is 2.07. The van der Waals surface area contributed by atoms with Gasteiger partial charge in [0, 0.05) is 17.0 Å². The van der Waals surface area contributed by atoms with Crippen molar-refractivity contribution in [2.45, 2.75) is 19.6 Å². The lowest BCUT2D eigenvalue weighted by Gasteiger charge is -2.12. The molecule has 1 aromatic heterocycles. The summed E-state index contributed by atoms with van der Waals surface area (Å²) in [6.07, 6.45) is -0.855. The van der Waals surface area contributed by atoms with Crippen molar-refractivity contribution in [2.24, 2.45) is 0 Å². The number of carbonyl (C=O) groups excluding carboxylic acids is 1. The first-order valence-corrected chi connectivity index (χ1v) is 7.12. The average Bonchev–Trinajstić information content (AvgIpc) is 2.41. The normalized spacial score (nSPS) is 12.6. The van der Waals surface area contributed by atoms with Crippen LogP contribution in [-0.2, 0) is 16.1 Å². The molecule has 0 aliphatic rings. The van der Waals surface area contributed by atoms with Crippen LogP contribution in [0.4, 0.5) is 0 Å². The van der Waals surface area contributed by atoms with Crippen LogP contribution in [0.2, 0.25) is 0 Å².